The number of hydrogen-bond donors (Lipinski definition) is 2. The molecule has 14 heavy (non-hydrogen) atoms. The van der Waals surface area contributed by atoms with Gasteiger partial charge in [-0.25, -0.2) is 0 Å². The molecule has 0 radical (unpaired) electrons. The van der Waals surface area contributed by atoms with Crippen molar-refractivity contribution in [3.05, 3.63) is 33.1 Å². The van der Waals surface area contributed by atoms with E-state index in [0.717, 1.165) is 8.87 Å². The van der Waals surface area contributed by atoms with Crippen molar-refractivity contribution in [3.63, 3.8) is 0 Å². The SMILES string of the molecule is OCc1ccc(-c2ccc(CO)[se]2)[se]1. The van der Waals surface area contributed by atoms with Gasteiger partial charge in [0.15, 0.2) is 0 Å². The number of aliphatic hydroxyl groups is 2. The third kappa shape index (κ3) is 2.12. The molecule has 0 aliphatic rings. The Hall–Kier alpha value is -0.0810. The summed E-state index contributed by atoms with van der Waals surface area (Å²) in [7, 11) is 0. The van der Waals surface area contributed by atoms with E-state index in [-0.39, 0.29) is 13.2 Å². The van der Waals surface area contributed by atoms with Crippen molar-refractivity contribution in [1.82, 2.24) is 0 Å². The predicted molar refractivity (Wildman–Crippen MR) is 57.6 cm³/mol. The monoisotopic (exact) mass is 322 g/mol. The van der Waals surface area contributed by atoms with E-state index >= 15 is 0 Å². The summed E-state index contributed by atoms with van der Waals surface area (Å²) >= 11 is 0.613. The molecule has 2 aromatic heterocycles. The molecule has 2 heterocycles. The summed E-state index contributed by atoms with van der Waals surface area (Å²) in [4.78, 5) is 0. The van der Waals surface area contributed by atoms with Gasteiger partial charge in [0, 0.05) is 0 Å². The molecule has 0 saturated heterocycles. The molecule has 74 valence electrons. The van der Waals surface area contributed by atoms with Gasteiger partial charge >= 0.3 is 94.4 Å². The van der Waals surface area contributed by atoms with Gasteiger partial charge in [-0.05, 0) is 0 Å². The summed E-state index contributed by atoms with van der Waals surface area (Å²) < 4.78 is 5.01. The Morgan fingerprint density at radius 2 is 1.21 bits per heavy atom. The minimum atomic E-state index is 0.181. The van der Waals surface area contributed by atoms with Crippen LogP contribution in [0, 0.1) is 0 Å². The topological polar surface area (TPSA) is 40.5 Å². The van der Waals surface area contributed by atoms with Crippen LogP contribution in [-0.4, -0.2) is 39.2 Å². The molecule has 2 nitrogen and oxygen atoms in total. The molecule has 0 amide bonds. The van der Waals surface area contributed by atoms with E-state index in [9.17, 15) is 0 Å². The zero-order chi connectivity index (χ0) is 9.97. The second-order valence-electron chi connectivity index (χ2n) is 2.85. The Morgan fingerprint density at radius 1 is 0.786 bits per heavy atom. The average molecular weight is 320 g/mol. The molecule has 2 N–H and O–H groups in total. The van der Waals surface area contributed by atoms with Crippen LogP contribution in [-0.2, 0) is 13.2 Å². The van der Waals surface area contributed by atoms with Gasteiger partial charge in [-0.3, -0.25) is 0 Å². The van der Waals surface area contributed by atoms with E-state index in [2.05, 4.69) is 12.1 Å². The fourth-order valence-electron chi connectivity index (χ4n) is 1.19. The zero-order valence-electron chi connectivity index (χ0n) is 7.43. The van der Waals surface area contributed by atoms with E-state index < -0.39 is 0 Å². The molecule has 0 spiro atoms. The molecule has 0 bridgehead atoms. The van der Waals surface area contributed by atoms with Gasteiger partial charge in [0.2, 0.25) is 0 Å². The van der Waals surface area contributed by atoms with Crippen molar-refractivity contribution in [3.8, 4) is 8.87 Å². The van der Waals surface area contributed by atoms with Crippen molar-refractivity contribution >= 4 is 29.0 Å². The molecule has 0 aliphatic heterocycles. The van der Waals surface area contributed by atoms with Crippen LogP contribution in [0.25, 0.3) is 8.87 Å². The molecule has 0 saturated carbocycles. The second-order valence-corrected chi connectivity index (χ2v) is 7.75. The van der Waals surface area contributed by atoms with Crippen molar-refractivity contribution in [2.24, 2.45) is 0 Å². The Labute approximate surface area is 94.3 Å². The quantitative estimate of drug-likeness (QED) is 0.807. The first-order chi connectivity index (χ1) is 6.83. The van der Waals surface area contributed by atoms with E-state index in [0.29, 0.717) is 29.0 Å². The average Bonchev–Trinajstić information content (AvgIpc) is 2.86. The maximum atomic E-state index is 8.97. The summed E-state index contributed by atoms with van der Waals surface area (Å²) in [5.74, 6) is 0. The second kappa shape index (κ2) is 4.63. The summed E-state index contributed by atoms with van der Waals surface area (Å²) in [6.07, 6.45) is 0. The minimum absolute atomic E-state index is 0.181. The molecular weight excluding hydrogens is 310 g/mol. The van der Waals surface area contributed by atoms with Gasteiger partial charge in [0.25, 0.3) is 0 Å². The van der Waals surface area contributed by atoms with Crippen LogP contribution in [0.4, 0.5) is 0 Å². The molecular formula is C10H10O2Se2. The summed E-state index contributed by atoms with van der Waals surface area (Å²) in [6.45, 7) is 0.362. The molecule has 0 aromatic carbocycles. The third-order valence-electron chi connectivity index (χ3n) is 1.88. The first kappa shape index (κ1) is 10.4. The standard InChI is InChI=1S/C10H10O2Se2/c11-5-7-1-3-9(13-7)10-4-2-8(6-12)14-10/h1-4,11-12H,5-6H2. The number of hydrogen-bond acceptors (Lipinski definition) is 2. The molecule has 0 fully saturated rings. The van der Waals surface area contributed by atoms with Gasteiger partial charge in [0.1, 0.15) is 0 Å². The van der Waals surface area contributed by atoms with Crippen LogP contribution in [0.2, 0.25) is 0 Å². The summed E-state index contributed by atoms with van der Waals surface area (Å²) in [5, 5.41) is 17.9. The van der Waals surface area contributed by atoms with Crippen molar-refractivity contribution in [2.75, 3.05) is 0 Å². The van der Waals surface area contributed by atoms with Crippen LogP contribution in [0.1, 0.15) is 8.87 Å². The van der Waals surface area contributed by atoms with Gasteiger partial charge in [0.05, 0.1) is 0 Å². The molecule has 2 aromatic rings. The molecule has 0 unspecified atom stereocenters. The molecule has 2 rings (SSSR count). The van der Waals surface area contributed by atoms with Gasteiger partial charge < -0.3 is 0 Å². The Kier molecular flexibility index (Phi) is 3.45. The van der Waals surface area contributed by atoms with E-state index in [1.807, 2.05) is 12.1 Å². The Bertz CT molecular complexity index is 377. The van der Waals surface area contributed by atoms with E-state index in [4.69, 9.17) is 10.2 Å². The van der Waals surface area contributed by atoms with Crippen LogP contribution in [0.15, 0.2) is 24.3 Å². The van der Waals surface area contributed by atoms with Crippen LogP contribution in [0.5, 0.6) is 0 Å². The Morgan fingerprint density at radius 3 is 1.50 bits per heavy atom. The van der Waals surface area contributed by atoms with Crippen LogP contribution >= 0.6 is 0 Å². The van der Waals surface area contributed by atoms with Gasteiger partial charge in [-0.1, -0.05) is 0 Å². The van der Waals surface area contributed by atoms with Crippen LogP contribution < -0.4 is 0 Å². The first-order valence-corrected chi connectivity index (χ1v) is 7.65. The van der Waals surface area contributed by atoms with Gasteiger partial charge in [-0.15, -0.1) is 0 Å². The first-order valence-electron chi connectivity index (χ1n) is 4.23. The van der Waals surface area contributed by atoms with Gasteiger partial charge in [-0.2, -0.15) is 0 Å². The van der Waals surface area contributed by atoms with E-state index in [1.165, 1.54) is 8.87 Å². The predicted octanol–water partition coefficient (Wildman–Crippen LogP) is 0.452. The van der Waals surface area contributed by atoms with Crippen LogP contribution in [0.3, 0.4) is 0 Å². The fourth-order valence-corrected chi connectivity index (χ4v) is 5.40. The fraction of sp³-hybridized carbons (Fsp3) is 0.200. The maximum absolute atomic E-state index is 8.97. The third-order valence-corrected chi connectivity index (χ3v) is 7.16. The van der Waals surface area contributed by atoms with Crippen molar-refractivity contribution < 1.29 is 10.2 Å². The normalized spacial score (nSPS) is 10.7. The van der Waals surface area contributed by atoms with Crippen molar-refractivity contribution in [1.29, 1.82) is 0 Å². The number of rotatable bonds is 3. The molecule has 0 atom stereocenters. The summed E-state index contributed by atoms with van der Waals surface area (Å²) in [6, 6.07) is 8.24. The van der Waals surface area contributed by atoms with E-state index in [1.54, 1.807) is 0 Å². The molecule has 0 aliphatic carbocycles. The molecule has 4 heteroatoms. The summed E-state index contributed by atoms with van der Waals surface area (Å²) in [5.41, 5.74) is 0. The zero-order valence-corrected chi connectivity index (χ0v) is 10.9. The number of aliphatic hydroxyl groups excluding tert-OH is 2. The Balaban J connectivity index is 2.29. The van der Waals surface area contributed by atoms with Crippen molar-refractivity contribution in [2.45, 2.75) is 13.2 Å².